The van der Waals surface area contributed by atoms with Crippen LogP contribution in [0.2, 0.25) is 10.0 Å². The number of carboxylic acid groups (broad SMARTS) is 1. The smallest absolute Gasteiger partial charge is 0.335 e. The van der Waals surface area contributed by atoms with Gasteiger partial charge < -0.3 is 19.6 Å². The molecule has 6 nitrogen and oxygen atoms in total. The summed E-state index contributed by atoms with van der Waals surface area (Å²) in [5, 5.41) is 19.0. The van der Waals surface area contributed by atoms with Gasteiger partial charge in [-0.15, -0.1) is 0 Å². The summed E-state index contributed by atoms with van der Waals surface area (Å²) >= 11 is 12.5. The van der Waals surface area contributed by atoms with E-state index in [1.807, 2.05) is 12.1 Å². The van der Waals surface area contributed by atoms with E-state index in [4.69, 9.17) is 38.3 Å². The van der Waals surface area contributed by atoms with Crippen LogP contribution < -0.4 is 9.64 Å². The van der Waals surface area contributed by atoms with Crippen molar-refractivity contribution in [3.05, 3.63) is 57.6 Å². The third-order valence-electron chi connectivity index (χ3n) is 6.56. The van der Waals surface area contributed by atoms with Gasteiger partial charge in [0.2, 0.25) is 0 Å². The fraction of sp³-hybridized carbons (Fsp3) is 0.440. The van der Waals surface area contributed by atoms with Crippen molar-refractivity contribution in [1.29, 1.82) is 5.26 Å². The van der Waals surface area contributed by atoms with Gasteiger partial charge in [-0.3, -0.25) is 0 Å². The molecule has 0 radical (unpaired) electrons. The number of hydrogen-bond donors (Lipinski definition) is 1. The molecule has 2 aliphatic heterocycles. The summed E-state index contributed by atoms with van der Waals surface area (Å²) in [7, 11) is 0. The molecule has 0 spiro atoms. The Hall–Kier alpha value is -2.46. The summed E-state index contributed by atoms with van der Waals surface area (Å²) in [6, 6.07) is 12.3. The molecule has 2 aliphatic rings. The zero-order valence-electron chi connectivity index (χ0n) is 18.3. The summed E-state index contributed by atoms with van der Waals surface area (Å²) < 4.78 is 6.09. The van der Waals surface area contributed by atoms with Crippen LogP contribution in [0.1, 0.15) is 41.6 Å². The van der Waals surface area contributed by atoms with E-state index in [0.29, 0.717) is 21.5 Å². The molecule has 2 aromatic carbocycles. The van der Waals surface area contributed by atoms with Crippen LogP contribution in [-0.2, 0) is 0 Å². The van der Waals surface area contributed by atoms with Crippen LogP contribution in [0.5, 0.6) is 5.75 Å². The van der Waals surface area contributed by atoms with Crippen molar-refractivity contribution in [2.75, 3.05) is 37.6 Å². The van der Waals surface area contributed by atoms with Gasteiger partial charge in [0.25, 0.3) is 0 Å². The molecule has 4 rings (SSSR count). The second-order valence-corrected chi connectivity index (χ2v) is 9.59. The monoisotopic (exact) mass is 487 g/mol. The van der Waals surface area contributed by atoms with Crippen molar-refractivity contribution < 1.29 is 14.6 Å². The van der Waals surface area contributed by atoms with Crippen LogP contribution in [0.4, 0.5) is 5.69 Å². The zero-order valence-corrected chi connectivity index (χ0v) is 19.9. The van der Waals surface area contributed by atoms with Gasteiger partial charge in [0, 0.05) is 38.8 Å². The largest absolute Gasteiger partial charge is 0.490 e. The molecule has 0 unspecified atom stereocenters. The van der Waals surface area contributed by atoms with E-state index >= 15 is 0 Å². The number of likely N-dealkylation sites (tertiary alicyclic amines) is 1. The lowest BCUT2D eigenvalue weighted by Crippen LogP contribution is -2.43. The van der Waals surface area contributed by atoms with Crippen LogP contribution in [0.25, 0.3) is 0 Å². The molecule has 8 heteroatoms. The minimum atomic E-state index is -0.961. The van der Waals surface area contributed by atoms with Crippen LogP contribution in [0.15, 0.2) is 36.4 Å². The quantitative estimate of drug-likeness (QED) is 0.593. The number of aromatic carboxylic acids is 1. The molecule has 33 heavy (non-hydrogen) atoms. The minimum Gasteiger partial charge on any atom is -0.490 e. The van der Waals surface area contributed by atoms with Crippen molar-refractivity contribution in [2.24, 2.45) is 5.92 Å². The van der Waals surface area contributed by atoms with E-state index in [9.17, 15) is 4.79 Å². The number of carboxylic acids is 1. The molecule has 0 bridgehead atoms. The molecule has 2 aromatic rings. The number of rotatable bonds is 6. The standard InChI is InChI=1S/C25H27Cl2N3O3/c26-22-14-21(3-1-19(22)15-28)33-20-7-9-29(10-8-20)16-17-5-11-30(12-6-17)24-4-2-18(25(31)32)13-23(24)27/h1-4,13-14,17,20H,5-12,16H2,(H,31,32). The van der Waals surface area contributed by atoms with E-state index in [2.05, 4.69) is 15.9 Å². The van der Waals surface area contributed by atoms with Gasteiger partial charge >= 0.3 is 5.97 Å². The first-order chi connectivity index (χ1) is 15.9. The normalized spacial score (nSPS) is 18.2. The van der Waals surface area contributed by atoms with Crippen molar-refractivity contribution in [3.8, 4) is 11.8 Å². The van der Waals surface area contributed by atoms with Crippen LogP contribution in [0.3, 0.4) is 0 Å². The highest BCUT2D eigenvalue weighted by Crippen LogP contribution is 2.31. The van der Waals surface area contributed by atoms with E-state index in [1.165, 1.54) is 6.07 Å². The van der Waals surface area contributed by atoms with Crippen LogP contribution in [-0.4, -0.2) is 54.8 Å². The molecule has 2 fully saturated rings. The maximum atomic E-state index is 11.1. The maximum absolute atomic E-state index is 11.1. The Bertz CT molecular complexity index is 1040. The second-order valence-electron chi connectivity index (χ2n) is 8.77. The van der Waals surface area contributed by atoms with Gasteiger partial charge in [-0.2, -0.15) is 5.26 Å². The van der Waals surface area contributed by atoms with Gasteiger partial charge in [0.15, 0.2) is 0 Å². The summed E-state index contributed by atoms with van der Waals surface area (Å²) in [6.07, 6.45) is 4.31. The number of ether oxygens (including phenoxy) is 1. The molecule has 2 saturated heterocycles. The Morgan fingerprint density at radius 3 is 2.36 bits per heavy atom. The second kappa shape index (κ2) is 10.6. The molecule has 174 valence electrons. The number of piperidine rings is 2. The molecule has 2 heterocycles. The van der Waals surface area contributed by atoms with Gasteiger partial charge in [0.05, 0.1) is 26.9 Å². The first-order valence-electron chi connectivity index (χ1n) is 11.3. The average Bonchev–Trinajstić information content (AvgIpc) is 2.81. The minimum absolute atomic E-state index is 0.169. The number of carbonyl (C=O) groups is 1. The summed E-state index contributed by atoms with van der Waals surface area (Å²) in [4.78, 5) is 15.9. The molecular formula is C25H27Cl2N3O3. The van der Waals surface area contributed by atoms with E-state index in [0.717, 1.165) is 69.8 Å². The highest BCUT2D eigenvalue weighted by Gasteiger charge is 2.26. The predicted octanol–water partition coefficient (Wildman–Crippen LogP) is 5.32. The number of benzene rings is 2. The van der Waals surface area contributed by atoms with E-state index in [1.54, 1.807) is 18.2 Å². The molecule has 0 aromatic heterocycles. The van der Waals surface area contributed by atoms with Crippen molar-refractivity contribution in [3.63, 3.8) is 0 Å². The number of nitriles is 1. The number of anilines is 1. The van der Waals surface area contributed by atoms with Gasteiger partial charge in [-0.25, -0.2) is 4.79 Å². The van der Waals surface area contributed by atoms with Crippen molar-refractivity contribution in [2.45, 2.75) is 31.8 Å². The van der Waals surface area contributed by atoms with Gasteiger partial charge in [-0.1, -0.05) is 23.2 Å². The van der Waals surface area contributed by atoms with Crippen LogP contribution in [0, 0.1) is 17.2 Å². The third-order valence-corrected chi connectivity index (χ3v) is 7.18. The summed E-state index contributed by atoms with van der Waals surface area (Å²) in [5.74, 6) is 0.407. The first kappa shape index (κ1) is 23.7. The Kier molecular flexibility index (Phi) is 7.64. The Labute approximate surface area is 204 Å². The molecule has 0 amide bonds. The lowest BCUT2D eigenvalue weighted by atomic mass is 9.94. The fourth-order valence-electron chi connectivity index (χ4n) is 4.68. The molecule has 0 saturated carbocycles. The SMILES string of the molecule is N#Cc1ccc(OC2CCN(CC3CCN(c4ccc(C(=O)O)cc4Cl)CC3)CC2)cc1Cl. The lowest BCUT2D eigenvalue weighted by Gasteiger charge is -2.38. The maximum Gasteiger partial charge on any atom is 0.335 e. The molecule has 1 N–H and O–H groups in total. The number of hydrogen-bond acceptors (Lipinski definition) is 5. The summed E-state index contributed by atoms with van der Waals surface area (Å²) in [6.45, 7) is 4.97. The Morgan fingerprint density at radius 1 is 1.03 bits per heavy atom. The van der Waals surface area contributed by atoms with E-state index < -0.39 is 5.97 Å². The van der Waals surface area contributed by atoms with Crippen molar-refractivity contribution in [1.82, 2.24) is 4.90 Å². The first-order valence-corrected chi connectivity index (χ1v) is 12.0. The molecule has 0 aliphatic carbocycles. The average molecular weight is 488 g/mol. The highest BCUT2D eigenvalue weighted by atomic mass is 35.5. The van der Waals surface area contributed by atoms with Gasteiger partial charge in [-0.05, 0) is 61.9 Å². The number of nitrogens with zero attached hydrogens (tertiary/aromatic N) is 3. The highest BCUT2D eigenvalue weighted by molar-refractivity contribution is 6.33. The Morgan fingerprint density at radius 2 is 1.76 bits per heavy atom. The topological polar surface area (TPSA) is 76.8 Å². The fourth-order valence-corrected chi connectivity index (χ4v) is 5.19. The van der Waals surface area contributed by atoms with Crippen LogP contribution >= 0.6 is 23.2 Å². The Balaban J connectivity index is 1.22. The predicted molar refractivity (Wildman–Crippen MR) is 130 cm³/mol. The van der Waals surface area contributed by atoms with E-state index in [-0.39, 0.29) is 11.7 Å². The number of halogens is 2. The molecular weight excluding hydrogens is 461 g/mol. The summed E-state index contributed by atoms with van der Waals surface area (Å²) in [5.41, 5.74) is 1.60. The van der Waals surface area contributed by atoms with Gasteiger partial charge in [0.1, 0.15) is 17.9 Å². The zero-order chi connectivity index (χ0) is 23.4. The lowest BCUT2D eigenvalue weighted by molar-refractivity contribution is 0.0697. The molecule has 0 atom stereocenters. The third kappa shape index (κ3) is 5.92. The van der Waals surface area contributed by atoms with Crippen molar-refractivity contribution >= 4 is 34.9 Å².